The molecule has 0 atom stereocenters. The topological polar surface area (TPSA) is 64.7 Å². The molecule has 0 radical (unpaired) electrons. The van der Waals surface area contributed by atoms with E-state index in [1.54, 1.807) is 0 Å². The lowest BCUT2D eigenvalue weighted by molar-refractivity contribution is 0.669. The number of rotatable bonds is 5. The normalized spacial score (nSPS) is 11.8. The highest BCUT2D eigenvalue weighted by Crippen LogP contribution is 2.44. The van der Waals surface area contributed by atoms with E-state index in [2.05, 4.69) is 127 Å². The average molecular weight is 759 g/mol. The Morgan fingerprint density at radius 3 is 1.71 bits per heavy atom. The molecule has 12 rings (SSSR count). The number of hydrogen-bond donors (Lipinski definition) is 0. The first-order valence-electron chi connectivity index (χ1n) is 19.3. The second-order valence-corrected chi connectivity index (χ2v) is 15.6. The zero-order valence-electron chi connectivity index (χ0n) is 30.9. The summed E-state index contributed by atoms with van der Waals surface area (Å²) in [5.41, 5.74) is 9.80. The molecule has 5 nitrogen and oxygen atoms in total. The van der Waals surface area contributed by atoms with E-state index in [-0.39, 0.29) is 0 Å². The Morgan fingerprint density at radius 1 is 0.345 bits per heavy atom. The van der Waals surface area contributed by atoms with Gasteiger partial charge < -0.3 is 4.42 Å². The van der Waals surface area contributed by atoms with Crippen LogP contribution in [0.3, 0.4) is 0 Å². The molecule has 270 valence electrons. The van der Waals surface area contributed by atoms with Crippen molar-refractivity contribution < 1.29 is 4.42 Å². The molecule has 8 aromatic carbocycles. The number of para-hydroxylation sites is 2. The Hall–Kier alpha value is -7.54. The highest BCUT2D eigenvalue weighted by Gasteiger charge is 2.18. The van der Waals surface area contributed by atoms with Gasteiger partial charge in [-0.3, -0.25) is 0 Å². The molecule has 0 aliphatic heterocycles. The Labute approximate surface area is 336 Å². The van der Waals surface area contributed by atoms with Gasteiger partial charge in [0.25, 0.3) is 0 Å². The van der Waals surface area contributed by atoms with E-state index in [1.165, 1.54) is 36.3 Å². The maximum atomic E-state index is 6.23. The Kier molecular flexibility index (Phi) is 7.33. The second kappa shape index (κ2) is 13.0. The van der Waals surface area contributed by atoms with E-state index in [0.29, 0.717) is 17.5 Å². The van der Waals surface area contributed by atoms with Crippen LogP contribution in [0.5, 0.6) is 0 Å². The minimum absolute atomic E-state index is 0.594. The molecule has 0 aliphatic carbocycles. The van der Waals surface area contributed by atoms with Crippen molar-refractivity contribution >= 4 is 75.1 Å². The van der Waals surface area contributed by atoms with Crippen molar-refractivity contribution in [2.75, 3.05) is 0 Å². The predicted molar refractivity (Wildman–Crippen MR) is 240 cm³/mol. The summed E-state index contributed by atoms with van der Waals surface area (Å²) in [5.74, 6) is 1.83. The van der Waals surface area contributed by atoms with Gasteiger partial charge in [0.2, 0.25) is 0 Å². The number of furan rings is 1. The van der Waals surface area contributed by atoms with Crippen molar-refractivity contribution in [1.82, 2.24) is 19.9 Å². The highest BCUT2D eigenvalue weighted by molar-refractivity contribution is 7.26. The van der Waals surface area contributed by atoms with E-state index < -0.39 is 0 Å². The predicted octanol–water partition coefficient (Wildman–Crippen LogP) is 14.2. The van der Waals surface area contributed by atoms with Gasteiger partial charge in [0, 0.05) is 69.4 Å². The van der Waals surface area contributed by atoms with E-state index in [1.807, 2.05) is 65.9 Å². The van der Waals surface area contributed by atoms with Crippen molar-refractivity contribution in [2.24, 2.45) is 0 Å². The van der Waals surface area contributed by atoms with Crippen molar-refractivity contribution in [3.05, 3.63) is 182 Å². The van der Waals surface area contributed by atoms with Crippen molar-refractivity contribution in [3.63, 3.8) is 0 Å². The van der Waals surface area contributed by atoms with Crippen LogP contribution >= 0.6 is 11.3 Å². The fourth-order valence-corrected chi connectivity index (χ4v) is 9.54. The summed E-state index contributed by atoms with van der Waals surface area (Å²) in [4.78, 5) is 20.2. The molecule has 0 saturated heterocycles. The van der Waals surface area contributed by atoms with E-state index in [0.717, 1.165) is 66.5 Å². The maximum Gasteiger partial charge on any atom is 0.164 e. The van der Waals surface area contributed by atoms with Crippen LogP contribution in [0, 0.1) is 0 Å². The molecular formula is C52H30N4OS. The molecule has 6 heteroatoms. The lowest BCUT2D eigenvalue weighted by atomic mass is 9.97. The standard InChI is InChI=1S/C52H30N4OS/c1-3-11-32(12-4-1)48-41-27-26-39-42-29-35(24-28-46(42)58-49(39)47(41)40-16-7-9-17-43(40)53-48)31-19-21-34(22-20-31)51-54-50(33-13-5-2-6-14-33)55-52(56-51)36-23-25-38-37-15-8-10-18-44(37)57-45(38)30-36/h1-30H. The van der Waals surface area contributed by atoms with E-state index >= 15 is 0 Å². The van der Waals surface area contributed by atoms with Crippen molar-refractivity contribution in [3.8, 4) is 56.5 Å². The van der Waals surface area contributed by atoms with Crippen LogP contribution < -0.4 is 0 Å². The summed E-state index contributed by atoms with van der Waals surface area (Å²) in [6.45, 7) is 0. The zero-order valence-corrected chi connectivity index (χ0v) is 31.7. The number of hydrogen-bond acceptors (Lipinski definition) is 6. The molecule has 0 aliphatic rings. The third-order valence-corrected chi connectivity index (χ3v) is 12.3. The van der Waals surface area contributed by atoms with E-state index in [4.69, 9.17) is 24.4 Å². The first kappa shape index (κ1) is 32.7. The Morgan fingerprint density at radius 2 is 0.914 bits per heavy atom. The highest BCUT2D eigenvalue weighted by atomic mass is 32.1. The third kappa shape index (κ3) is 5.30. The first-order valence-corrected chi connectivity index (χ1v) is 20.1. The first-order chi connectivity index (χ1) is 28.7. The van der Waals surface area contributed by atoms with Gasteiger partial charge in [-0.1, -0.05) is 146 Å². The minimum Gasteiger partial charge on any atom is -0.456 e. The van der Waals surface area contributed by atoms with Crippen LogP contribution in [0.2, 0.25) is 0 Å². The second-order valence-electron chi connectivity index (χ2n) is 14.6. The van der Waals surface area contributed by atoms with Gasteiger partial charge >= 0.3 is 0 Å². The lowest BCUT2D eigenvalue weighted by Crippen LogP contribution is -2.00. The smallest absolute Gasteiger partial charge is 0.164 e. The average Bonchev–Trinajstić information content (AvgIpc) is 3.87. The number of aromatic nitrogens is 4. The van der Waals surface area contributed by atoms with Crippen LogP contribution in [0.1, 0.15) is 0 Å². The summed E-state index contributed by atoms with van der Waals surface area (Å²) >= 11 is 1.86. The molecule has 4 heterocycles. The summed E-state index contributed by atoms with van der Waals surface area (Å²) in [6.07, 6.45) is 0. The number of thiophene rings is 1. The summed E-state index contributed by atoms with van der Waals surface area (Å²) in [7, 11) is 0. The van der Waals surface area contributed by atoms with Gasteiger partial charge in [-0.15, -0.1) is 11.3 Å². The number of benzene rings is 8. The van der Waals surface area contributed by atoms with Gasteiger partial charge in [-0.05, 0) is 47.5 Å². The van der Waals surface area contributed by atoms with Crippen LogP contribution in [-0.2, 0) is 0 Å². The van der Waals surface area contributed by atoms with Gasteiger partial charge in [-0.25, -0.2) is 19.9 Å². The summed E-state index contributed by atoms with van der Waals surface area (Å²) < 4.78 is 8.78. The number of pyridine rings is 1. The molecule has 12 aromatic rings. The molecule has 0 fully saturated rings. The zero-order chi connectivity index (χ0) is 38.2. The lowest BCUT2D eigenvalue weighted by Gasteiger charge is -2.11. The van der Waals surface area contributed by atoms with Crippen molar-refractivity contribution in [1.29, 1.82) is 0 Å². The fourth-order valence-electron chi connectivity index (χ4n) is 8.29. The largest absolute Gasteiger partial charge is 0.456 e. The van der Waals surface area contributed by atoms with Crippen LogP contribution in [-0.4, -0.2) is 19.9 Å². The van der Waals surface area contributed by atoms with Crippen LogP contribution in [0.4, 0.5) is 0 Å². The van der Waals surface area contributed by atoms with Gasteiger partial charge in [0.1, 0.15) is 11.2 Å². The van der Waals surface area contributed by atoms with Gasteiger partial charge in [0.15, 0.2) is 17.5 Å². The summed E-state index contributed by atoms with van der Waals surface area (Å²) in [5, 5.41) is 8.28. The third-order valence-electron chi connectivity index (χ3n) is 11.1. The Balaban J connectivity index is 0.952. The molecule has 58 heavy (non-hydrogen) atoms. The molecule has 0 saturated carbocycles. The van der Waals surface area contributed by atoms with E-state index in [9.17, 15) is 0 Å². The van der Waals surface area contributed by atoms with Crippen molar-refractivity contribution in [2.45, 2.75) is 0 Å². The molecule has 0 bridgehead atoms. The minimum atomic E-state index is 0.594. The monoisotopic (exact) mass is 758 g/mol. The molecular weight excluding hydrogens is 729 g/mol. The molecule has 0 amide bonds. The molecule has 0 spiro atoms. The van der Waals surface area contributed by atoms with Gasteiger partial charge in [-0.2, -0.15) is 0 Å². The molecule has 4 aromatic heterocycles. The Bertz CT molecular complexity index is 3560. The fraction of sp³-hybridized carbons (Fsp3) is 0. The molecule has 0 N–H and O–H groups in total. The van der Waals surface area contributed by atoms with Gasteiger partial charge in [0.05, 0.1) is 11.2 Å². The SMILES string of the molecule is c1ccc(-c2nc(-c3ccc(-c4ccc5sc6c(ccc7c(-c8ccccc8)nc8ccccc8c76)c5c4)cc3)nc(-c3ccc4c(c3)oc3ccccc34)n2)cc1. The maximum absolute atomic E-state index is 6.23. The number of nitrogens with zero attached hydrogens (tertiary/aromatic N) is 4. The number of fused-ring (bicyclic) bond motifs is 10. The van der Waals surface area contributed by atoms with Crippen LogP contribution in [0.25, 0.3) is 120 Å². The summed E-state index contributed by atoms with van der Waals surface area (Å²) in [6, 6.07) is 63.3. The quantitative estimate of drug-likeness (QED) is 0.164. The molecule has 0 unspecified atom stereocenters. The van der Waals surface area contributed by atoms with Crippen LogP contribution in [0.15, 0.2) is 186 Å².